The normalized spacial score (nSPS) is 45.0. The van der Waals surface area contributed by atoms with Gasteiger partial charge in [0, 0.05) is 0 Å². The highest BCUT2D eigenvalue weighted by molar-refractivity contribution is 4.63. The second kappa shape index (κ2) is 2.64. The largest absolute Gasteiger partial charge is 0.368 e. The van der Waals surface area contributed by atoms with Gasteiger partial charge in [-0.1, -0.05) is 0 Å². The fraction of sp³-hybridized carbons (Fsp3) is 1.00. The summed E-state index contributed by atoms with van der Waals surface area (Å²) in [4.78, 5) is 0. The van der Waals surface area contributed by atoms with Crippen LogP contribution in [0.3, 0.4) is 0 Å². The van der Waals surface area contributed by atoms with Gasteiger partial charge in [-0.25, -0.2) is 0 Å². The zero-order valence-corrected chi connectivity index (χ0v) is 5.70. The van der Waals surface area contributed by atoms with Crippen LogP contribution in [0.5, 0.6) is 0 Å². The van der Waals surface area contributed by atoms with Crippen molar-refractivity contribution in [2.75, 3.05) is 6.61 Å². The van der Waals surface area contributed by atoms with E-state index in [1.807, 2.05) is 6.92 Å². The van der Waals surface area contributed by atoms with Gasteiger partial charge in [0.05, 0.1) is 12.7 Å². The second-order valence-electron chi connectivity index (χ2n) is 2.38. The first-order valence-electron chi connectivity index (χ1n) is 3.15. The maximum Gasteiger partial charge on any atom is 0.180 e. The number of ether oxygens (including phenoxy) is 2. The Morgan fingerprint density at radius 3 is 2.56 bits per heavy atom. The molecule has 0 saturated carbocycles. The molecule has 1 heterocycles. The van der Waals surface area contributed by atoms with Crippen molar-refractivity contribution in [1.82, 2.24) is 0 Å². The summed E-state index contributed by atoms with van der Waals surface area (Å²) in [5.41, 5.74) is 0. The molecule has 0 amide bonds. The highest BCUT2D eigenvalue weighted by Gasteiger charge is 2.23. The van der Waals surface area contributed by atoms with Crippen LogP contribution < -0.4 is 0 Å². The Kier molecular flexibility index (Phi) is 2.05. The van der Waals surface area contributed by atoms with Gasteiger partial charge in [0.25, 0.3) is 0 Å². The van der Waals surface area contributed by atoms with Crippen LogP contribution in [0.25, 0.3) is 0 Å². The van der Waals surface area contributed by atoms with Crippen molar-refractivity contribution in [3.05, 3.63) is 0 Å². The number of rotatable bonds is 0. The fourth-order valence-electron chi connectivity index (χ4n) is 0.843. The first-order chi connectivity index (χ1) is 4.20. The van der Waals surface area contributed by atoms with Crippen molar-refractivity contribution in [3.8, 4) is 0 Å². The van der Waals surface area contributed by atoms with E-state index in [0.29, 0.717) is 6.61 Å². The molecular formula is C6H12O3. The van der Waals surface area contributed by atoms with Crippen LogP contribution in [0.1, 0.15) is 13.8 Å². The maximum absolute atomic E-state index is 8.95. The SMILES string of the molecule is CC1COC(O)C(C)O1. The van der Waals surface area contributed by atoms with Crippen molar-refractivity contribution in [3.63, 3.8) is 0 Å². The van der Waals surface area contributed by atoms with E-state index in [-0.39, 0.29) is 12.2 Å². The molecule has 0 bridgehead atoms. The standard InChI is InChI=1S/C6H12O3/c1-4-3-8-6(7)5(2)9-4/h4-7H,3H2,1-2H3. The van der Waals surface area contributed by atoms with Crippen molar-refractivity contribution in [2.45, 2.75) is 32.3 Å². The number of hydrogen-bond donors (Lipinski definition) is 1. The Morgan fingerprint density at radius 1 is 1.44 bits per heavy atom. The molecule has 0 aliphatic carbocycles. The molecule has 0 radical (unpaired) electrons. The van der Waals surface area contributed by atoms with Gasteiger partial charge in [-0.15, -0.1) is 0 Å². The molecule has 54 valence electrons. The van der Waals surface area contributed by atoms with Gasteiger partial charge in [0.15, 0.2) is 6.29 Å². The average molecular weight is 132 g/mol. The molecule has 1 saturated heterocycles. The summed E-state index contributed by atoms with van der Waals surface area (Å²) in [7, 11) is 0. The van der Waals surface area contributed by atoms with Crippen LogP contribution in [0.2, 0.25) is 0 Å². The lowest BCUT2D eigenvalue weighted by Crippen LogP contribution is -2.40. The van der Waals surface area contributed by atoms with Crippen LogP contribution in [0.4, 0.5) is 0 Å². The van der Waals surface area contributed by atoms with Gasteiger partial charge in [0.1, 0.15) is 6.10 Å². The number of hydrogen-bond acceptors (Lipinski definition) is 3. The smallest absolute Gasteiger partial charge is 0.180 e. The van der Waals surface area contributed by atoms with Crippen molar-refractivity contribution in [2.24, 2.45) is 0 Å². The van der Waals surface area contributed by atoms with Crippen LogP contribution in [0.15, 0.2) is 0 Å². The van der Waals surface area contributed by atoms with Crippen molar-refractivity contribution < 1.29 is 14.6 Å². The summed E-state index contributed by atoms with van der Waals surface area (Å²) < 4.78 is 10.2. The monoisotopic (exact) mass is 132 g/mol. The van der Waals surface area contributed by atoms with Gasteiger partial charge >= 0.3 is 0 Å². The fourth-order valence-corrected chi connectivity index (χ4v) is 0.843. The molecule has 1 fully saturated rings. The second-order valence-corrected chi connectivity index (χ2v) is 2.38. The molecule has 0 spiro atoms. The Balaban J connectivity index is 2.35. The van der Waals surface area contributed by atoms with E-state index < -0.39 is 6.29 Å². The Bertz CT molecular complexity index is 94.3. The Labute approximate surface area is 54.6 Å². The lowest BCUT2D eigenvalue weighted by atomic mass is 10.3. The average Bonchev–Trinajstić information content (AvgIpc) is 1.80. The minimum atomic E-state index is -0.735. The van der Waals surface area contributed by atoms with Gasteiger partial charge in [0.2, 0.25) is 0 Å². The van der Waals surface area contributed by atoms with Gasteiger partial charge < -0.3 is 14.6 Å². The maximum atomic E-state index is 8.95. The van der Waals surface area contributed by atoms with E-state index in [9.17, 15) is 0 Å². The molecule has 3 heteroatoms. The van der Waals surface area contributed by atoms with E-state index in [2.05, 4.69) is 0 Å². The summed E-state index contributed by atoms with van der Waals surface area (Å²) in [5.74, 6) is 0. The lowest BCUT2D eigenvalue weighted by molar-refractivity contribution is -0.243. The molecule has 1 rings (SSSR count). The van der Waals surface area contributed by atoms with Crippen molar-refractivity contribution in [1.29, 1.82) is 0 Å². The lowest BCUT2D eigenvalue weighted by Gasteiger charge is -2.29. The van der Waals surface area contributed by atoms with Crippen molar-refractivity contribution >= 4 is 0 Å². The van der Waals surface area contributed by atoms with Gasteiger partial charge in [-0.3, -0.25) is 0 Å². The molecule has 1 N–H and O–H groups in total. The third-order valence-electron chi connectivity index (χ3n) is 1.35. The zero-order valence-electron chi connectivity index (χ0n) is 5.70. The van der Waals surface area contributed by atoms with E-state index in [1.165, 1.54) is 0 Å². The molecule has 1 aliphatic rings. The number of aliphatic hydroxyl groups is 1. The van der Waals surface area contributed by atoms with E-state index in [0.717, 1.165) is 0 Å². The van der Waals surface area contributed by atoms with E-state index in [1.54, 1.807) is 6.92 Å². The Hall–Kier alpha value is -0.120. The highest BCUT2D eigenvalue weighted by Crippen LogP contribution is 2.11. The summed E-state index contributed by atoms with van der Waals surface area (Å²) in [6.45, 7) is 4.20. The van der Waals surface area contributed by atoms with Gasteiger partial charge in [-0.2, -0.15) is 0 Å². The third kappa shape index (κ3) is 1.64. The third-order valence-corrected chi connectivity index (χ3v) is 1.35. The molecule has 3 atom stereocenters. The van der Waals surface area contributed by atoms with Crippen LogP contribution in [-0.4, -0.2) is 30.2 Å². The first-order valence-corrected chi connectivity index (χ1v) is 3.15. The van der Waals surface area contributed by atoms with Crippen LogP contribution in [0, 0.1) is 0 Å². The predicted octanol–water partition coefficient (Wildman–Crippen LogP) is 0.129. The summed E-state index contributed by atoms with van der Waals surface area (Å²) in [6.07, 6.45) is -0.807. The molecule has 9 heavy (non-hydrogen) atoms. The first kappa shape index (κ1) is 6.99. The van der Waals surface area contributed by atoms with Gasteiger partial charge in [-0.05, 0) is 13.8 Å². The van der Waals surface area contributed by atoms with Crippen LogP contribution >= 0.6 is 0 Å². The zero-order chi connectivity index (χ0) is 6.85. The highest BCUT2D eigenvalue weighted by atomic mass is 16.7. The predicted molar refractivity (Wildman–Crippen MR) is 32.0 cm³/mol. The minimum Gasteiger partial charge on any atom is -0.368 e. The summed E-state index contributed by atoms with van der Waals surface area (Å²) in [5, 5.41) is 8.95. The molecule has 0 aromatic carbocycles. The Morgan fingerprint density at radius 2 is 2.11 bits per heavy atom. The molecule has 0 aromatic heterocycles. The van der Waals surface area contributed by atoms with E-state index in [4.69, 9.17) is 14.6 Å². The topological polar surface area (TPSA) is 38.7 Å². The van der Waals surface area contributed by atoms with E-state index >= 15 is 0 Å². The summed E-state index contributed by atoms with van der Waals surface area (Å²) in [6, 6.07) is 0. The summed E-state index contributed by atoms with van der Waals surface area (Å²) >= 11 is 0. The molecule has 3 nitrogen and oxygen atoms in total. The molecular weight excluding hydrogens is 120 g/mol. The number of aliphatic hydroxyl groups excluding tert-OH is 1. The van der Waals surface area contributed by atoms with Crippen LogP contribution in [-0.2, 0) is 9.47 Å². The minimum absolute atomic E-state index is 0.114. The molecule has 0 aromatic rings. The molecule has 3 unspecified atom stereocenters. The quantitative estimate of drug-likeness (QED) is 0.509. The molecule has 1 aliphatic heterocycles.